The molecule has 22 heavy (non-hydrogen) atoms. The first-order valence-corrected chi connectivity index (χ1v) is 7.96. The smallest absolute Gasteiger partial charge is 0.249 e. The molecule has 0 saturated carbocycles. The second-order valence-electron chi connectivity index (χ2n) is 5.45. The highest BCUT2D eigenvalue weighted by Crippen LogP contribution is 2.27. The van der Waals surface area contributed by atoms with Crippen molar-refractivity contribution in [1.82, 2.24) is 9.97 Å². The van der Waals surface area contributed by atoms with Crippen LogP contribution in [-0.4, -0.2) is 28.5 Å². The van der Waals surface area contributed by atoms with Crippen LogP contribution in [0.3, 0.4) is 0 Å². The van der Waals surface area contributed by atoms with Crippen LogP contribution in [0.4, 0.5) is 11.5 Å². The highest BCUT2D eigenvalue weighted by Gasteiger charge is 2.32. The molecule has 1 saturated heterocycles. The van der Waals surface area contributed by atoms with Crippen molar-refractivity contribution >= 4 is 33.3 Å². The summed E-state index contributed by atoms with van der Waals surface area (Å²) in [7, 11) is 0. The van der Waals surface area contributed by atoms with E-state index < -0.39 is 0 Å². The van der Waals surface area contributed by atoms with E-state index in [-0.39, 0.29) is 11.9 Å². The second kappa shape index (κ2) is 6.04. The summed E-state index contributed by atoms with van der Waals surface area (Å²) in [5.74, 6) is 0.720. The number of halogens is 1. The summed E-state index contributed by atoms with van der Waals surface area (Å²) in [4.78, 5) is 22.9. The van der Waals surface area contributed by atoms with Crippen LogP contribution in [0.15, 0.2) is 35.1 Å². The lowest BCUT2D eigenvalue weighted by molar-refractivity contribution is -0.117. The van der Waals surface area contributed by atoms with Crippen LogP contribution in [0.2, 0.25) is 0 Å². The second-order valence-corrected chi connectivity index (χ2v) is 6.31. The number of carbonyl (C=O) groups excluding carboxylic acids is 1. The zero-order chi connectivity index (χ0) is 15.7. The van der Waals surface area contributed by atoms with Crippen LogP contribution in [0.5, 0.6) is 0 Å². The lowest BCUT2D eigenvalue weighted by Crippen LogP contribution is -2.33. The largest absolute Gasteiger partial charge is 0.357 e. The molecular weight excluding hydrogens is 344 g/mol. The van der Waals surface area contributed by atoms with Gasteiger partial charge in [-0.05, 0) is 44.0 Å². The van der Waals surface area contributed by atoms with Crippen LogP contribution in [0.25, 0.3) is 0 Å². The molecule has 114 valence electrons. The van der Waals surface area contributed by atoms with Gasteiger partial charge >= 0.3 is 0 Å². The molecule has 1 unspecified atom stereocenters. The van der Waals surface area contributed by atoms with Crippen LogP contribution >= 0.6 is 15.9 Å². The molecule has 6 heteroatoms. The number of amides is 1. The summed E-state index contributed by atoms with van der Waals surface area (Å²) in [5.41, 5.74) is 2.88. The first kappa shape index (κ1) is 15.0. The summed E-state index contributed by atoms with van der Waals surface area (Å²) in [6, 6.07) is 5.71. The summed E-state index contributed by atoms with van der Waals surface area (Å²) in [5, 5.41) is 3.18. The van der Waals surface area contributed by atoms with E-state index in [1.807, 2.05) is 36.9 Å². The molecule has 2 heterocycles. The molecule has 1 aromatic carbocycles. The summed E-state index contributed by atoms with van der Waals surface area (Å²) < 4.78 is 1.05. The van der Waals surface area contributed by atoms with Crippen molar-refractivity contribution in [2.24, 2.45) is 0 Å². The molecule has 0 aliphatic carbocycles. The number of rotatable bonds is 3. The Kier molecular flexibility index (Phi) is 4.11. The Morgan fingerprint density at radius 3 is 2.86 bits per heavy atom. The van der Waals surface area contributed by atoms with E-state index in [4.69, 9.17) is 0 Å². The fourth-order valence-electron chi connectivity index (χ4n) is 2.58. The van der Waals surface area contributed by atoms with Crippen LogP contribution in [0, 0.1) is 13.8 Å². The standard InChI is InChI=1S/C16H17BrN4O/c1-10-7-12(3-4-13(10)17)21-6-5-14(16(21)22)20-15-9-18-8-11(2)19-15/h3-4,7-9,14H,5-6H2,1-2H3,(H,19,20). The van der Waals surface area contributed by atoms with Crippen molar-refractivity contribution in [2.75, 3.05) is 16.8 Å². The van der Waals surface area contributed by atoms with Crippen LogP contribution in [0.1, 0.15) is 17.7 Å². The first-order chi connectivity index (χ1) is 10.5. The number of hydrogen-bond acceptors (Lipinski definition) is 4. The van der Waals surface area contributed by atoms with Gasteiger partial charge in [-0.3, -0.25) is 9.78 Å². The normalized spacial score (nSPS) is 17.9. The van der Waals surface area contributed by atoms with Gasteiger partial charge in [-0.1, -0.05) is 15.9 Å². The Morgan fingerprint density at radius 2 is 2.14 bits per heavy atom. The van der Waals surface area contributed by atoms with Gasteiger partial charge in [0.15, 0.2) is 0 Å². The Labute approximate surface area is 137 Å². The molecule has 2 aromatic rings. The lowest BCUT2D eigenvalue weighted by Gasteiger charge is -2.18. The molecule has 5 nitrogen and oxygen atoms in total. The van der Waals surface area contributed by atoms with Gasteiger partial charge in [0, 0.05) is 22.9 Å². The summed E-state index contributed by atoms with van der Waals surface area (Å²) in [6.45, 7) is 4.61. The van der Waals surface area contributed by atoms with Gasteiger partial charge < -0.3 is 10.2 Å². The third-order valence-electron chi connectivity index (χ3n) is 3.74. The zero-order valence-electron chi connectivity index (χ0n) is 12.5. The molecule has 3 rings (SSSR count). The van der Waals surface area contributed by atoms with E-state index in [9.17, 15) is 4.79 Å². The van der Waals surface area contributed by atoms with Crippen molar-refractivity contribution < 1.29 is 4.79 Å². The lowest BCUT2D eigenvalue weighted by atomic mass is 10.2. The van der Waals surface area contributed by atoms with E-state index in [0.29, 0.717) is 12.4 Å². The molecule has 1 N–H and O–H groups in total. The van der Waals surface area contributed by atoms with Gasteiger partial charge in [0.2, 0.25) is 5.91 Å². The van der Waals surface area contributed by atoms with Crippen molar-refractivity contribution in [3.8, 4) is 0 Å². The SMILES string of the molecule is Cc1cncc(NC2CCN(c3ccc(Br)c(C)c3)C2=O)n1. The maximum Gasteiger partial charge on any atom is 0.249 e. The number of carbonyl (C=O) groups is 1. The number of aromatic nitrogens is 2. The average molecular weight is 361 g/mol. The van der Waals surface area contributed by atoms with Crippen LogP contribution in [-0.2, 0) is 4.79 Å². The topological polar surface area (TPSA) is 58.1 Å². The Hall–Kier alpha value is -1.95. The van der Waals surface area contributed by atoms with Gasteiger partial charge in [-0.2, -0.15) is 0 Å². The summed E-state index contributed by atoms with van der Waals surface area (Å²) >= 11 is 3.48. The molecule has 1 aliphatic heterocycles. The number of benzene rings is 1. The Morgan fingerprint density at radius 1 is 1.32 bits per heavy atom. The molecule has 1 amide bonds. The number of nitrogens with zero attached hydrogens (tertiary/aromatic N) is 3. The zero-order valence-corrected chi connectivity index (χ0v) is 14.1. The van der Waals surface area contributed by atoms with E-state index in [0.717, 1.165) is 27.8 Å². The van der Waals surface area contributed by atoms with Crippen molar-refractivity contribution in [3.05, 3.63) is 46.3 Å². The molecule has 1 atom stereocenters. The van der Waals surface area contributed by atoms with Gasteiger partial charge in [-0.25, -0.2) is 4.98 Å². The number of aryl methyl sites for hydroxylation is 2. The predicted molar refractivity (Wildman–Crippen MR) is 90.0 cm³/mol. The molecule has 1 aliphatic rings. The highest BCUT2D eigenvalue weighted by atomic mass is 79.9. The fraction of sp³-hybridized carbons (Fsp3) is 0.312. The molecule has 0 bridgehead atoms. The predicted octanol–water partition coefficient (Wildman–Crippen LogP) is 3.07. The van der Waals surface area contributed by atoms with E-state index in [1.165, 1.54) is 0 Å². The van der Waals surface area contributed by atoms with Gasteiger partial charge in [0.05, 0.1) is 11.9 Å². The molecular formula is C16H17BrN4O. The van der Waals surface area contributed by atoms with Gasteiger partial charge in [0.1, 0.15) is 11.9 Å². The van der Waals surface area contributed by atoms with Crippen LogP contribution < -0.4 is 10.2 Å². The van der Waals surface area contributed by atoms with E-state index in [2.05, 4.69) is 31.2 Å². The minimum absolute atomic E-state index is 0.0741. The molecule has 0 spiro atoms. The number of nitrogens with one attached hydrogen (secondary N) is 1. The highest BCUT2D eigenvalue weighted by molar-refractivity contribution is 9.10. The molecule has 1 fully saturated rings. The van der Waals surface area contributed by atoms with Gasteiger partial charge in [-0.15, -0.1) is 0 Å². The first-order valence-electron chi connectivity index (χ1n) is 7.17. The minimum atomic E-state index is -0.250. The Bertz CT molecular complexity index is 719. The maximum absolute atomic E-state index is 12.6. The fourth-order valence-corrected chi connectivity index (χ4v) is 2.83. The minimum Gasteiger partial charge on any atom is -0.357 e. The van der Waals surface area contributed by atoms with E-state index in [1.54, 1.807) is 12.4 Å². The van der Waals surface area contributed by atoms with E-state index >= 15 is 0 Å². The third kappa shape index (κ3) is 2.97. The summed E-state index contributed by atoms with van der Waals surface area (Å²) in [6.07, 6.45) is 4.09. The third-order valence-corrected chi connectivity index (χ3v) is 4.63. The van der Waals surface area contributed by atoms with Crippen molar-refractivity contribution in [3.63, 3.8) is 0 Å². The van der Waals surface area contributed by atoms with Gasteiger partial charge in [0.25, 0.3) is 0 Å². The van der Waals surface area contributed by atoms with Crippen molar-refractivity contribution in [1.29, 1.82) is 0 Å². The average Bonchev–Trinajstić information content (AvgIpc) is 2.83. The number of anilines is 2. The number of hydrogen-bond donors (Lipinski definition) is 1. The molecule has 0 radical (unpaired) electrons. The van der Waals surface area contributed by atoms with Crippen molar-refractivity contribution in [2.45, 2.75) is 26.3 Å². The maximum atomic E-state index is 12.6. The Balaban J connectivity index is 1.75. The quantitative estimate of drug-likeness (QED) is 0.913. The monoisotopic (exact) mass is 360 g/mol. The molecule has 1 aromatic heterocycles.